The Morgan fingerprint density at radius 1 is 1.29 bits per heavy atom. The summed E-state index contributed by atoms with van der Waals surface area (Å²) in [7, 11) is 0. The highest BCUT2D eigenvalue weighted by Crippen LogP contribution is 2.23. The van der Waals surface area contributed by atoms with E-state index in [2.05, 4.69) is 31.1 Å². The Hall–Kier alpha value is -1.16. The minimum absolute atomic E-state index is 0.309. The third-order valence-corrected chi connectivity index (χ3v) is 3.48. The van der Waals surface area contributed by atoms with E-state index in [1.54, 1.807) is 0 Å². The van der Waals surface area contributed by atoms with Crippen LogP contribution in [0.3, 0.4) is 0 Å². The molecule has 0 aliphatic rings. The van der Waals surface area contributed by atoms with Crippen molar-refractivity contribution < 1.29 is 4.42 Å². The lowest BCUT2D eigenvalue weighted by molar-refractivity contribution is 0.616. The number of aromatic nitrogens is 1. The van der Waals surface area contributed by atoms with Crippen LogP contribution in [0.4, 0.5) is 6.01 Å². The first kappa shape index (κ1) is 12.3. The summed E-state index contributed by atoms with van der Waals surface area (Å²) >= 11 is 1.93. The molecule has 0 saturated heterocycles. The zero-order valence-corrected chi connectivity index (χ0v) is 11.3. The first-order valence-electron chi connectivity index (χ1n) is 5.78. The molecule has 1 aromatic carbocycles. The van der Waals surface area contributed by atoms with Gasteiger partial charge in [-0.15, -0.1) is 0 Å². The zero-order valence-electron chi connectivity index (χ0n) is 10.5. The van der Waals surface area contributed by atoms with Gasteiger partial charge in [0.15, 0.2) is 5.58 Å². The highest BCUT2D eigenvalue weighted by Gasteiger charge is 2.10. The summed E-state index contributed by atoms with van der Waals surface area (Å²) in [6.45, 7) is 7.53. The molecule has 0 radical (unpaired) electrons. The van der Waals surface area contributed by atoms with Gasteiger partial charge in [0.1, 0.15) is 5.52 Å². The predicted octanol–water partition coefficient (Wildman–Crippen LogP) is 3.77. The summed E-state index contributed by atoms with van der Waals surface area (Å²) in [6, 6.07) is 8.41. The normalized spacial score (nSPS) is 11.9. The number of fused-ring (bicyclic) bond motifs is 1. The number of hydrogen-bond acceptors (Lipinski definition) is 4. The second kappa shape index (κ2) is 5.00. The molecular weight excluding hydrogens is 232 g/mol. The molecule has 92 valence electrons. The van der Waals surface area contributed by atoms with E-state index in [1.807, 2.05) is 36.0 Å². The topological polar surface area (TPSA) is 38.1 Å². The summed E-state index contributed by atoms with van der Waals surface area (Å²) in [4.78, 5) is 4.36. The molecule has 17 heavy (non-hydrogen) atoms. The minimum atomic E-state index is 0.309. The first-order valence-corrected chi connectivity index (χ1v) is 6.76. The van der Waals surface area contributed by atoms with Crippen LogP contribution in [0.2, 0.25) is 0 Å². The second-order valence-corrected chi connectivity index (χ2v) is 6.80. The molecule has 2 rings (SSSR count). The van der Waals surface area contributed by atoms with Gasteiger partial charge in [-0.1, -0.05) is 32.9 Å². The van der Waals surface area contributed by atoms with Crippen LogP contribution in [0.1, 0.15) is 20.8 Å². The molecule has 0 spiro atoms. The van der Waals surface area contributed by atoms with Crippen molar-refractivity contribution in [2.24, 2.45) is 0 Å². The Morgan fingerprint density at radius 3 is 2.76 bits per heavy atom. The summed E-state index contributed by atoms with van der Waals surface area (Å²) < 4.78 is 5.88. The number of nitrogens with one attached hydrogen (secondary N) is 1. The molecule has 0 bridgehead atoms. The van der Waals surface area contributed by atoms with Crippen LogP contribution >= 0.6 is 11.8 Å². The average molecular weight is 250 g/mol. The Balaban J connectivity index is 1.87. The molecule has 4 heteroatoms. The number of rotatable bonds is 4. The predicted molar refractivity (Wildman–Crippen MR) is 74.7 cm³/mol. The van der Waals surface area contributed by atoms with Gasteiger partial charge in [-0.25, -0.2) is 0 Å². The highest BCUT2D eigenvalue weighted by atomic mass is 32.2. The van der Waals surface area contributed by atoms with Gasteiger partial charge >= 0.3 is 0 Å². The summed E-state index contributed by atoms with van der Waals surface area (Å²) in [5.41, 5.74) is 1.73. The SMILES string of the molecule is CC(C)(C)SCCNc1nc2ccccc2o1. The second-order valence-electron chi connectivity index (χ2n) is 4.87. The van der Waals surface area contributed by atoms with Gasteiger partial charge < -0.3 is 9.73 Å². The van der Waals surface area contributed by atoms with E-state index < -0.39 is 0 Å². The first-order chi connectivity index (χ1) is 8.04. The van der Waals surface area contributed by atoms with Crippen LogP contribution in [0.5, 0.6) is 0 Å². The quantitative estimate of drug-likeness (QED) is 0.838. The number of oxazole rings is 1. The Kier molecular flexibility index (Phi) is 3.62. The van der Waals surface area contributed by atoms with Gasteiger partial charge in [0.25, 0.3) is 6.01 Å². The highest BCUT2D eigenvalue weighted by molar-refractivity contribution is 8.00. The number of nitrogens with zero attached hydrogens (tertiary/aromatic N) is 1. The van der Waals surface area contributed by atoms with Gasteiger partial charge in [0.2, 0.25) is 0 Å². The largest absolute Gasteiger partial charge is 0.424 e. The van der Waals surface area contributed by atoms with Crippen LogP contribution in [-0.4, -0.2) is 22.0 Å². The summed E-state index contributed by atoms with van der Waals surface area (Å²) in [5, 5.41) is 3.21. The van der Waals surface area contributed by atoms with Gasteiger partial charge in [-0.3, -0.25) is 0 Å². The lowest BCUT2D eigenvalue weighted by atomic mass is 10.3. The van der Waals surface area contributed by atoms with Crippen molar-refractivity contribution in [3.63, 3.8) is 0 Å². The lowest BCUT2D eigenvalue weighted by Crippen LogP contribution is -2.12. The van der Waals surface area contributed by atoms with Crippen LogP contribution in [-0.2, 0) is 0 Å². The third kappa shape index (κ3) is 3.66. The fourth-order valence-electron chi connectivity index (χ4n) is 1.46. The molecule has 0 fully saturated rings. The molecule has 1 heterocycles. The molecule has 0 unspecified atom stereocenters. The molecule has 1 aromatic heterocycles. The van der Waals surface area contributed by atoms with Crippen LogP contribution < -0.4 is 5.32 Å². The molecular formula is C13H18N2OS. The van der Waals surface area contributed by atoms with E-state index >= 15 is 0 Å². The molecule has 0 aliphatic carbocycles. The number of para-hydroxylation sites is 2. The van der Waals surface area contributed by atoms with Crippen molar-refractivity contribution in [2.45, 2.75) is 25.5 Å². The smallest absolute Gasteiger partial charge is 0.295 e. The number of thioether (sulfide) groups is 1. The van der Waals surface area contributed by atoms with Crippen molar-refractivity contribution >= 4 is 28.9 Å². The molecule has 0 amide bonds. The molecule has 3 nitrogen and oxygen atoms in total. The third-order valence-electron chi connectivity index (χ3n) is 2.21. The number of benzene rings is 1. The van der Waals surface area contributed by atoms with Crippen molar-refractivity contribution in [2.75, 3.05) is 17.6 Å². The number of anilines is 1. The fourth-order valence-corrected chi connectivity index (χ4v) is 2.28. The van der Waals surface area contributed by atoms with E-state index in [4.69, 9.17) is 4.42 Å². The fraction of sp³-hybridized carbons (Fsp3) is 0.462. The Morgan fingerprint density at radius 2 is 2.06 bits per heavy atom. The number of hydrogen-bond donors (Lipinski definition) is 1. The maximum atomic E-state index is 5.57. The Labute approximate surface area is 106 Å². The van der Waals surface area contributed by atoms with Crippen molar-refractivity contribution in [3.8, 4) is 0 Å². The standard InChI is InChI=1S/C13H18N2OS/c1-13(2,3)17-9-8-14-12-15-10-6-4-5-7-11(10)16-12/h4-7H,8-9H2,1-3H3,(H,14,15). The van der Waals surface area contributed by atoms with Crippen LogP contribution in [0.15, 0.2) is 28.7 Å². The molecule has 0 aliphatic heterocycles. The van der Waals surface area contributed by atoms with E-state index in [0.717, 1.165) is 23.4 Å². The maximum absolute atomic E-state index is 5.57. The van der Waals surface area contributed by atoms with Gasteiger partial charge in [0.05, 0.1) is 0 Å². The minimum Gasteiger partial charge on any atom is -0.424 e. The molecule has 0 atom stereocenters. The lowest BCUT2D eigenvalue weighted by Gasteiger charge is -2.17. The van der Waals surface area contributed by atoms with Crippen LogP contribution in [0.25, 0.3) is 11.1 Å². The average Bonchev–Trinajstić information content (AvgIpc) is 2.65. The van der Waals surface area contributed by atoms with Gasteiger partial charge in [-0.05, 0) is 12.1 Å². The van der Waals surface area contributed by atoms with E-state index in [-0.39, 0.29) is 0 Å². The zero-order chi connectivity index (χ0) is 12.3. The van der Waals surface area contributed by atoms with Crippen molar-refractivity contribution in [1.82, 2.24) is 4.98 Å². The molecule has 2 aromatic rings. The van der Waals surface area contributed by atoms with Crippen molar-refractivity contribution in [1.29, 1.82) is 0 Å². The maximum Gasteiger partial charge on any atom is 0.295 e. The summed E-state index contributed by atoms with van der Waals surface area (Å²) in [5.74, 6) is 1.04. The van der Waals surface area contributed by atoms with E-state index in [0.29, 0.717) is 10.8 Å². The van der Waals surface area contributed by atoms with Crippen LogP contribution in [0, 0.1) is 0 Å². The van der Waals surface area contributed by atoms with Gasteiger partial charge in [-0.2, -0.15) is 16.7 Å². The molecule has 0 saturated carbocycles. The Bertz CT molecular complexity index is 454. The van der Waals surface area contributed by atoms with E-state index in [9.17, 15) is 0 Å². The van der Waals surface area contributed by atoms with Gasteiger partial charge in [0, 0.05) is 17.0 Å². The van der Waals surface area contributed by atoms with E-state index in [1.165, 1.54) is 0 Å². The van der Waals surface area contributed by atoms with Crippen molar-refractivity contribution in [3.05, 3.63) is 24.3 Å². The molecule has 1 N–H and O–H groups in total. The summed E-state index contributed by atoms with van der Waals surface area (Å²) in [6.07, 6.45) is 0. The monoisotopic (exact) mass is 250 g/mol.